The van der Waals surface area contributed by atoms with Gasteiger partial charge in [0.2, 0.25) is 0 Å². The van der Waals surface area contributed by atoms with E-state index in [-0.39, 0.29) is 16.2 Å². The number of fused-ring (bicyclic) bond motifs is 16. The maximum Gasteiger partial charge on any atom is 0.0546 e. The van der Waals surface area contributed by atoms with Crippen molar-refractivity contribution in [1.82, 2.24) is 0 Å². The summed E-state index contributed by atoms with van der Waals surface area (Å²) in [5.74, 6) is 0. The van der Waals surface area contributed by atoms with Crippen molar-refractivity contribution in [3.05, 3.63) is 561 Å². The fourth-order valence-corrected chi connectivity index (χ4v) is 25.1. The molecule has 3 aliphatic carbocycles. The fraction of sp³-hybridized carbons (Fsp3) is 0.0612. The zero-order valence-electron chi connectivity index (χ0n) is 84.6. The molecule has 708 valence electrons. The van der Waals surface area contributed by atoms with E-state index in [9.17, 15) is 0 Å². The van der Waals surface area contributed by atoms with Crippen molar-refractivity contribution < 1.29 is 0 Å². The molecule has 0 atom stereocenters. The Bertz CT molecular complexity index is 9740. The lowest BCUT2D eigenvalue weighted by Crippen LogP contribution is -2.17. The Balaban J connectivity index is 0.555. The van der Waals surface area contributed by atoms with E-state index in [4.69, 9.17) is 0 Å². The average Bonchev–Trinajstić information content (AvgIpc) is 1.52. The lowest BCUT2D eigenvalue weighted by Gasteiger charge is -2.31. The molecule has 150 heavy (non-hydrogen) atoms. The number of benzene rings is 25. The molecule has 3 aliphatic rings. The monoisotopic (exact) mass is 1910 g/mol. The summed E-state index contributed by atoms with van der Waals surface area (Å²) in [6.07, 6.45) is 0. The highest BCUT2D eigenvalue weighted by atomic mass is 15.2. The normalized spacial score (nSPS) is 13.2. The third-order valence-electron chi connectivity index (χ3n) is 33.0. The van der Waals surface area contributed by atoms with Gasteiger partial charge in [-0.3, -0.25) is 0 Å². The van der Waals surface area contributed by atoms with Crippen LogP contribution in [0.15, 0.2) is 528 Å². The van der Waals surface area contributed by atoms with Crippen molar-refractivity contribution >= 4 is 116 Å². The first-order chi connectivity index (χ1) is 73.6. The van der Waals surface area contributed by atoms with Gasteiger partial charge in [0.25, 0.3) is 0 Å². The van der Waals surface area contributed by atoms with Crippen molar-refractivity contribution in [2.75, 3.05) is 14.7 Å². The van der Waals surface area contributed by atoms with E-state index in [2.05, 4.69) is 584 Å². The standard InChI is InChI=1S/C147H105N3/c1-145(2)135-87-109(103-53-47-99(48-54-103)94-27-11-7-12-28-94)63-76-126(135)129-80-71-118(91-138(129)145)148(116-68-59-102(60-69-116)97-33-17-10-18-34-97)141-44-23-38-112-83-107(62-74-123(112)141)108-66-79-133-134(86-108)122-40-22-21-37-114(122)90-144(133)150(120-73-82-131-128-78-65-111(89-137(128)147(5,6)140(131)93-120)105-57-51-101(52-58-105)96-31-15-9-16-32-96)143-46-26-42-125-121(41-25-43-132(125)143)115-67-75-124-113(84-115)39-24-45-142(124)149(117-70-61-98-35-19-20-36-106(98)85-117)119-72-81-130-127-77-64-110(88-136(127)146(3,4)139(130)92-119)104-55-49-100(50-56-104)95-29-13-8-14-30-95/h7-93H,1-6H3. The van der Waals surface area contributed by atoms with E-state index >= 15 is 0 Å². The summed E-state index contributed by atoms with van der Waals surface area (Å²) in [5, 5.41) is 14.0. The molecule has 0 heterocycles. The van der Waals surface area contributed by atoms with E-state index < -0.39 is 0 Å². The van der Waals surface area contributed by atoms with Crippen LogP contribution >= 0.6 is 0 Å². The maximum atomic E-state index is 2.60. The Morgan fingerprint density at radius 2 is 0.387 bits per heavy atom. The van der Waals surface area contributed by atoms with Crippen LogP contribution in [0.4, 0.5) is 51.2 Å². The first-order valence-electron chi connectivity index (χ1n) is 52.5. The second kappa shape index (κ2) is 35.4. The molecule has 0 aliphatic heterocycles. The van der Waals surface area contributed by atoms with Crippen LogP contribution in [0.3, 0.4) is 0 Å². The van der Waals surface area contributed by atoms with Crippen molar-refractivity contribution in [3.8, 4) is 134 Å². The molecule has 0 spiro atoms. The van der Waals surface area contributed by atoms with Crippen LogP contribution in [0, 0.1) is 0 Å². The molecule has 0 unspecified atom stereocenters. The number of nitrogens with zero attached hydrogens (tertiary/aromatic N) is 3. The van der Waals surface area contributed by atoms with Crippen LogP contribution in [-0.4, -0.2) is 0 Å². The number of hydrogen-bond acceptors (Lipinski definition) is 3. The van der Waals surface area contributed by atoms with Gasteiger partial charge in [0, 0.05) is 66.2 Å². The Labute approximate surface area is 876 Å². The summed E-state index contributed by atoms with van der Waals surface area (Å²) >= 11 is 0. The molecule has 0 bridgehead atoms. The minimum absolute atomic E-state index is 0.289. The zero-order valence-corrected chi connectivity index (χ0v) is 84.6. The van der Waals surface area contributed by atoms with Crippen LogP contribution in [0.1, 0.15) is 74.9 Å². The van der Waals surface area contributed by atoms with Gasteiger partial charge >= 0.3 is 0 Å². The fourth-order valence-electron chi connectivity index (χ4n) is 25.1. The molecule has 0 amide bonds. The Kier molecular flexibility index (Phi) is 21.0. The Morgan fingerprint density at radius 3 is 0.847 bits per heavy atom. The molecule has 25 aromatic carbocycles. The summed E-state index contributed by atoms with van der Waals surface area (Å²) in [5.41, 5.74) is 46.1. The van der Waals surface area contributed by atoms with Crippen LogP contribution in [0.5, 0.6) is 0 Å². The zero-order chi connectivity index (χ0) is 100. The molecule has 0 saturated heterocycles. The summed E-state index contributed by atoms with van der Waals surface area (Å²) in [6.45, 7) is 14.5. The van der Waals surface area contributed by atoms with E-state index in [0.29, 0.717) is 0 Å². The molecule has 3 heteroatoms. The third kappa shape index (κ3) is 15.0. The first kappa shape index (κ1) is 89.1. The lowest BCUT2D eigenvalue weighted by molar-refractivity contribution is 0.660. The first-order valence-corrected chi connectivity index (χ1v) is 52.5. The summed E-state index contributed by atoms with van der Waals surface area (Å²) < 4.78 is 0. The molecule has 25 aromatic rings. The topological polar surface area (TPSA) is 9.72 Å². The van der Waals surface area contributed by atoms with Gasteiger partial charge in [0.05, 0.1) is 22.7 Å². The van der Waals surface area contributed by atoms with Gasteiger partial charge < -0.3 is 14.7 Å². The van der Waals surface area contributed by atoms with Gasteiger partial charge in [-0.05, 0) is 331 Å². The minimum Gasteiger partial charge on any atom is -0.310 e. The number of rotatable bonds is 18. The van der Waals surface area contributed by atoms with Gasteiger partial charge in [-0.15, -0.1) is 0 Å². The SMILES string of the molecule is CC1(C)c2cc(-c3ccc(-c4ccccc4)cc3)ccc2-c2ccc(N(c3ccc(-c4ccccc4)cc3)c3cccc4cc(-c5ccc6c(N(c7ccc8c(c7)C(C)(C)c7cc(-c9ccc(-c%10ccccc%10)cc9)ccc7-8)c7cccc8c(-c9ccc%10c(N(c%11ccc%12c(c%11)C(C)(C)c%11cc(-c%13ccc(-c%14ccccc%14)cc%13)ccc%11-%12)c%11ccc%12ccccc%12c%11)cccc%10c9)cccc78)cc7ccccc7c6c5)ccc34)cc21. The van der Waals surface area contributed by atoms with E-state index in [1.54, 1.807) is 0 Å². The molecular formula is C147H105N3. The van der Waals surface area contributed by atoms with E-state index in [1.807, 2.05) is 0 Å². The molecule has 0 fully saturated rings. The van der Waals surface area contributed by atoms with Gasteiger partial charge in [0.15, 0.2) is 0 Å². The Hall–Kier alpha value is -18.5. The van der Waals surface area contributed by atoms with Gasteiger partial charge in [0.1, 0.15) is 0 Å². The molecule has 0 radical (unpaired) electrons. The van der Waals surface area contributed by atoms with Gasteiger partial charge in [-0.1, -0.05) is 448 Å². The predicted octanol–water partition coefficient (Wildman–Crippen LogP) is 40.9. The molecule has 0 aromatic heterocycles. The smallest absolute Gasteiger partial charge is 0.0546 e. The van der Waals surface area contributed by atoms with Crippen LogP contribution in [-0.2, 0) is 16.2 Å². The van der Waals surface area contributed by atoms with Gasteiger partial charge in [-0.25, -0.2) is 0 Å². The Morgan fingerprint density at radius 1 is 0.120 bits per heavy atom. The van der Waals surface area contributed by atoms with Gasteiger partial charge in [-0.2, -0.15) is 0 Å². The van der Waals surface area contributed by atoms with E-state index in [0.717, 1.165) is 117 Å². The highest BCUT2D eigenvalue weighted by Gasteiger charge is 2.41. The summed E-state index contributed by atoms with van der Waals surface area (Å²) in [4.78, 5) is 7.59. The molecule has 0 N–H and O–H groups in total. The highest BCUT2D eigenvalue weighted by molar-refractivity contribution is 6.18. The molecule has 3 nitrogen and oxygen atoms in total. The van der Waals surface area contributed by atoms with Crippen LogP contribution in [0.25, 0.3) is 198 Å². The average molecular weight is 1910 g/mol. The quantitative estimate of drug-likeness (QED) is 0.0793. The molecule has 28 rings (SSSR count). The predicted molar refractivity (Wildman–Crippen MR) is 637 cm³/mol. The number of hydrogen-bond donors (Lipinski definition) is 0. The number of anilines is 9. The van der Waals surface area contributed by atoms with Crippen molar-refractivity contribution in [2.24, 2.45) is 0 Å². The van der Waals surface area contributed by atoms with Crippen LogP contribution in [0.2, 0.25) is 0 Å². The molecular weight excluding hydrogens is 1810 g/mol. The second-order valence-corrected chi connectivity index (χ2v) is 42.6. The highest BCUT2D eigenvalue weighted by Crippen LogP contribution is 2.59. The summed E-state index contributed by atoms with van der Waals surface area (Å²) in [7, 11) is 0. The van der Waals surface area contributed by atoms with Crippen molar-refractivity contribution in [1.29, 1.82) is 0 Å². The minimum atomic E-state index is -0.363. The second-order valence-electron chi connectivity index (χ2n) is 42.6. The maximum absolute atomic E-state index is 2.60. The van der Waals surface area contributed by atoms with Crippen molar-refractivity contribution in [3.63, 3.8) is 0 Å². The summed E-state index contributed by atoms with van der Waals surface area (Å²) in [6, 6.07) is 199. The lowest BCUT2D eigenvalue weighted by atomic mass is 9.81. The van der Waals surface area contributed by atoms with Crippen LogP contribution < -0.4 is 14.7 Å². The molecule has 0 saturated carbocycles. The van der Waals surface area contributed by atoms with E-state index in [1.165, 1.54) is 166 Å². The third-order valence-corrected chi connectivity index (χ3v) is 33.0. The van der Waals surface area contributed by atoms with Crippen molar-refractivity contribution in [2.45, 2.75) is 57.8 Å². The largest absolute Gasteiger partial charge is 0.310 e.